The van der Waals surface area contributed by atoms with Crippen LogP contribution in [0.1, 0.15) is 0 Å². The number of methoxy groups -OCH3 is 3. The monoisotopic (exact) mass is 178 g/mol. The molecule has 12 heavy (non-hydrogen) atoms. The van der Waals surface area contributed by atoms with Gasteiger partial charge >= 0.3 is 0 Å². The van der Waals surface area contributed by atoms with Crippen LogP contribution in [0.2, 0.25) is 0 Å². The van der Waals surface area contributed by atoms with Crippen molar-refractivity contribution in [3.63, 3.8) is 0 Å². The molecule has 0 bridgehead atoms. The molecule has 0 spiro atoms. The molecular formula is C7H14O5. The van der Waals surface area contributed by atoms with Crippen LogP contribution in [0.15, 0.2) is 11.8 Å². The van der Waals surface area contributed by atoms with Gasteiger partial charge in [0.2, 0.25) is 0 Å². The van der Waals surface area contributed by atoms with E-state index in [0.717, 1.165) is 0 Å². The number of hydrogen-bond acceptors (Lipinski definition) is 5. The maximum absolute atomic E-state index is 9.14. The quantitative estimate of drug-likeness (QED) is 0.458. The first-order valence-corrected chi connectivity index (χ1v) is 3.31. The van der Waals surface area contributed by atoms with E-state index in [9.17, 15) is 0 Å². The lowest BCUT2D eigenvalue weighted by Crippen LogP contribution is -2.26. The SMILES string of the molecule is COC(O)/C(=C/O)C(OC)OC. The maximum Gasteiger partial charge on any atom is 0.187 e. The van der Waals surface area contributed by atoms with E-state index in [1.165, 1.54) is 21.3 Å². The topological polar surface area (TPSA) is 68.2 Å². The average Bonchev–Trinajstić information content (AvgIpc) is 2.12. The number of aliphatic hydroxyl groups excluding tert-OH is 2. The minimum atomic E-state index is -1.22. The van der Waals surface area contributed by atoms with Crippen molar-refractivity contribution in [1.82, 2.24) is 0 Å². The van der Waals surface area contributed by atoms with Gasteiger partial charge in [0.25, 0.3) is 0 Å². The summed E-state index contributed by atoms with van der Waals surface area (Å²) in [6, 6.07) is 0. The van der Waals surface area contributed by atoms with E-state index in [4.69, 9.17) is 19.7 Å². The van der Waals surface area contributed by atoms with Crippen molar-refractivity contribution in [2.24, 2.45) is 0 Å². The van der Waals surface area contributed by atoms with Crippen molar-refractivity contribution < 1.29 is 24.4 Å². The largest absolute Gasteiger partial charge is 0.515 e. The van der Waals surface area contributed by atoms with Gasteiger partial charge in [0.05, 0.1) is 11.8 Å². The second kappa shape index (κ2) is 5.96. The molecule has 1 unspecified atom stereocenters. The van der Waals surface area contributed by atoms with Crippen molar-refractivity contribution in [2.45, 2.75) is 12.6 Å². The Morgan fingerprint density at radius 2 is 1.67 bits per heavy atom. The Labute approximate surface area is 71.2 Å². The molecule has 0 saturated heterocycles. The van der Waals surface area contributed by atoms with Crippen LogP contribution in [-0.4, -0.2) is 44.1 Å². The first kappa shape index (κ1) is 11.4. The van der Waals surface area contributed by atoms with E-state index in [0.29, 0.717) is 6.26 Å². The molecular weight excluding hydrogens is 164 g/mol. The van der Waals surface area contributed by atoms with Crippen molar-refractivity contribution in [2.75, 3.05) is 21.3 Å². The van der Waals surface area contributed by atoms with Crippen LogP contribution in [0.3, 0.4) is 0 Å². The lowest BCUT2D eigenvalue weighted by atomic mass is 10.3. The second-order valence-electron chi connectivity index (χ2n) is 2.02. The molecule has 1 atom stereocenters. The first-order valence-electron chi connectivity index (χ1n) is 3.31. The number of rotatable bonds is 5. The van der Waals surface area contributed by atoms with Gasteiger partial charge in [-0.2, -0.15) is 0 Å². The Kier molecular flexibility index (Phi) is 5.65. The van der Waals surface area contributed by atoms with Gasteiger partial charge in [0.15, 0.2) is 12.6 Å². The number of ether oxygens (including phenoxy) is 3. The fourth-order valence-corrected chi connectivity index (χ4v) is 0.746. The summed E-state index contributed by atoms with van der Waals surface area (Å²) in [4.78, 5) is 0. The molecule has 5 nitrogen and oxygen atoms in total. The molecule has 0 aliphatic heterocycles. The van der Waals surface area contributed by atoms with Crippen LogP contribution in [0, 0.1) is 0 Å². The molecule has 0 fully saturated rings. The van der Waals surface area contributed by atoms with Crippen LogP contribution in [-0.2, 0) is 14.2 Å². The third kappa shape index (κ3) is 2.78. The first-order chi connectivity index (χ1) is 5.71. The number of aliphatic hydroxyl groups is 2. The van der Waals surface area contributed by atoms with Crippen molar-refractivity contribution in [3.8, 4) is 0 Å². The molecule has 0 aliphatic carbocycles. The van der Waals surface area contributed by atoms with E-state index >= 15 is 0 Å². The zero-order chi connectivity index (χ0) is 9.56. The average molecular weight is 178 g/mol. The molecule has 5 heteroatoms. The van der Waals surface area contributed by atoms with E-state index in [1.807, 2.05) is 0 Å². The summed E-state index contributed by atoms with van der Waals surface area (Å²) in [5, 5.41) is 17.8. The highest BCUT2D eigenvalue weighted by molar-refractivity contribution is 5.04. The lowest BCUT2D eigenvalue weighted by molar-refractivity contribution is -0.123. The second-order valence-corrected chi connectivity index (χ2v) is 2.02. The molecule has 72 valence electrons. The summed E-state index contributed by atoms with van der Waals surface area (Å²) in [6.07, 6.45) is -1.32. The van der Waals surface area contributed by atoms with Crippen molar-refractivity contribution in [1.29, 1.82) is 0 Å². The molecule has 0 heterocycles. The van der Waals surface area contributed by atoms with Crippen molar-refractivity contribution >= 4 is 0 Å². The van der Waals surface area contributed by atoms with Gasteiger partial charge in [-0.3, -0.25) is 0 Å². The predicted octanol–water partition coefficient (Wildman–Crippen LogP) is 0.0120. The van der Waals surface area contributed by atoms with Gasteiger partial charge in [-0.05, 0) is 0 Å². The van der Waals surface area contributed by atoms with Crippen molar-refractivity contribution in [3.05, 3.63) is 11.8 Å². The Balaban J connectivity index is 4.32. The highest BCUT2D eigenvalue weighted by atomic mass is 16.7. The molecule has 0 aromatic carbocycles. The van der Waals surface area contributed by atoms with Crippen LogP contribution >= 0.6 is 0 Å². The summed E-state index contributed by atoms with van der Waals surface area (Å²) >= 11 is 0. The molecule has 0 aromatic heterocycles. The third-order valence-corrected chi connectivity index (χ3v) is 1.36. The van der Waals surface area contributed by atoms with Gasteiger partial charge in [0.1, 0.15) is 0 Å². The fourth-order valence-electron chi connectivity index (χ4n) is 0.746. The fraction of sp³-hybridized carbons (Fsp3) is 0.714. The maximum atomic E-state index is 9.14. The van der Waals surface area contributed by atoms with Gasteiger partial charge in [0, 0.05) is 21.3 Å². The normalized spacial score (nSPS) is 15.2. The third-order valence-electron chi connectivity index (χ3n) is 1.36. The summed E-state index contributed by atoms with van der Waals surface area (Å²) < 4.78 is 14.1. The molecule has 0 saturated carbocycles. The Morgan fingerprint density at radius 1 is 1.17 bits per heavy atom. The van der Waals surface area contributed by atoms with E-state index in [2.05, 4.69) is 4.74 Å². The highest BCUT2D eigenvalue weighted by Crippen LogP contribution is 2.11. The minimum Gasteiger partial charge on any atom is -0.515 e. The molecule has 0 radical (unpaired) electrons. The summed E-state index contributed by atoms with van der Waals surface area (Å²) in [6.45, 7) is 0. The Bertz CT molecular complexity index is 141. The molecule has 2 N–H and O–H groups in total. The zero-order valence-corrected chi connectivity index (χ0v) is 7.35. The molecule has 0 aromatic rings. The lowest BCUT2D eigenvalue weighted by Gasteiger charge is -2.19. The van der Waals surface area contributed by atoms with Crippen LogP contribution < -0.4 is 0 Å². The van der Waals surface area contributed by atoms with Crippen LogP contribution in [0.5, 0.6) is 0 Å². The predicted molar refractivity (Wildman–Crippen MR) is 41.5 cm³/mol. The molecule has 0 aliphatic rings. The van der Waals surface area contributed by atoms with Gasteiger partial charge in [-0.15, -0.1) is 0 Å². The Hall–Kier alpha value is -0.620. The van der Waals surface area contributed by atoms with Crippen LogP contribution in [0.25, 0.3) is 0 Å². The summed E-state index contributed by atoms with van der Waals surface area (Å²) in [5.74, 6) is 0. The van der Waals surface area contributed by atoms with E-state index in [1.54, 1.807) is 0 Å². The minimum absolute atomic E-state index is 0.113. The van der Waals surface area contributed by atoms with Gasteiger partial charge in [-0.1, -0.05) is 0 Å². The molecule has 0 amide bonds. The van der Waals surface area contributed by atoms with Gasteiger partial charge in [-0.25, -0.2) is 0 Å². The standard InChI is InChI=1S/C7H14O5/c1-10-6(9)5(4-8)7(11-2)12-3/h4,6-9H,1-3H3/b5-4-. The summed E-state index contributed by atoms with van der Waals surface area (Å²) in [7, 11) is 4.08. The molecule has 0 rings (SSSR count). The summed E-state index contributed by atoms with van der Waals surface area (Å²) in [5.41, 5.74) is 0.113. The van der Waals surface area contributed by atoms with E-state index in [-0.39, 0.29) is 5.57 Å². The zero-order valence-electron chi connectivity index (χ0n) is 7.35. The Morgan fingerprint density at radius 3 is 1.92 bits per heavy atom. The smallest absolute Gasteiger partial charge is 0.187 e. The highest BCUT2D eigenvalue weighted by Gasteiger charge is 2.20. The number of hydrogen-bond donors (Lipinski definition) is 2. The van der Waals surface area contributed by atoms with E-state index < -0.39 is 12.6 Å². The van der Waals surface area contributed by atoms with Gasteiger partial charge < -0.3 is 24.4 Å². The van der Waals surface area contributed by atoms with Crippen LogP contribution in [0.4, 0.5) is 0 Å².